The fraction of sp³-hybridized carbons (Fsp3) is 0.190. The Hall–Kier alpha value is -3.11. The number of amides is 2. The molecule has 6 nitrogen and oxygen atoms in total. The molecular formula is C21H20BrN3O3. The van der Waals surface area contributed by atoms with Crippen LogP contribution < -0.4 is 15.4 Å². The van der Waals surface area contributed by atoms with Crippen LogP contribution in [0.4, 0.5) is 11.4 Å². The van der Waals surface area contributed by atoms with E-state index in [1.165, 1.54) is 13.0 Å². The lowest BCUT2D eigenvalue weighted by atomic mass is 10.1. The molecular weight excluding hydrogens is 422 g/mol. The highest BCUT2D eigenvalue weighted by Crippen LogP contribution is 2.26. The Morgan fingerprint density at radius 2 is 1.79 bits per heavy atom. The molecule has 0 unspecified atom stereocenters. The second-order valence-electron chi connectivity index (χ2n) is 5.91. The third kappa shape index (κ3) is 6.25. The number of ether oxygens (including phenoxy) is 1. The van der Waals surface area contributed by atoms with Crippen LogP contribution in [0.5, 0.6) is 5.75 Å². The van der Waals surface area contributed by atoms with Crippen molar-refractivity contribution in [3.05, 3.63) is 58.1 Å². The second-order valence-corrected chi connectivity index (χ2v) is 6.83. The molecule has 0 atom stereocenters. The van der Waals surface area contributed by atoms with E-state index in [0.717, 1.165) is 10.9 Å². The molecule has 0 saturated carbocycles. The van der Waals surface area contributed by atoms with Gasteiger partial charge >= 0.3 is 0 Å². The van der Waals surface area contributed by atoms with Gasteiger partial charge in [-0.05, 0) is 55.0 Å². The van der Waals surface area contributed by atoms with Crippen LogP contribution in [0.15, 0.2) is 52.5 Å². The van der Waals surface area contributed by atoms with Crippen LogP contribution in [-0.2, 0) is 9.59 Å². The van der Waals surface area contributed by atoms with Gasteiger partial charge in [0, 0.05) is 28.3 Å². The molecule has 2 N–H and O–H groups in total. The van der Waals surface area contributed by atoms with Gasteiger partial charge in [-0.25, -0.2) is 0 Å². The zero-order valence-corrected chi connectivity index (χ0v) is 17.2. The minimum Gasteiger partial charge on any atom is -0.493 e. The summed E-state index contributed by atoms with van der Waals surface area (Å²) in [4.78, 5) is 23.6. The highest BCUT2D eigenvalue weighted by atomic mass is 79.9. The number of carbonyl (C=O) groups is 2. The zero-order chi connectivity index (χ0) is 20.5. The van der Waals surface area contributed by atoms with E-state index in [1.807, 2.05) is 19.1 Å². The van der Waals surface area contributed by atoms with Gasteiger partial charge in [0.1, 0.15) is 17.4 Å². The fourth-order valence-corrected chi connectivity index (χ4v) is 2.70. The molecule has 0 bridgehead atoms. The van der Waals surface area contributed by atoms with E-state index in [1.54, 1.807) is 36.4 Å². The Morgan fingerprint density at radius 3 is 2.36 bits per heavy atom. The number of nitriles is 1. The summed E-state index contributed by atoms with van der Waals surface area (Å²) in [6.45, 7) is 3.96. The molecule has 0 heterocycles. The smallest absolute Gasteiger partial charge is 0.266 e. The first-order valence-corrected chi connectivity index (χ1v) is 9.45. The molecule has 0 aromatic heterocycles. The van der Waals surface area contributed by atoms with Gasteiger partial charge in [0.2, 0.25) is 5.91 Å². The highest BCUT2D eigenvalue weighted by Gasteiger charge is 2.12. The summed E-state index contributed by atoms with van der Waals surface area (Å²) in [5.41, 5.74) is 1.71. The topological polar surface area (TPSA) is 91.2 Å². The van der Waals surface area contributed by atoms with Crippen molar-refractivity contribution in [2.45, 2.75) is 20.3 Å². The largest absolute Gasteiger partial charge is 0.493 e. The molecule has 2 aromatic rings. The molecule has 2 aromatic carbocycles. The van der Waals surface area contributed by atoms with Crippen LogP contribution in [0, 0.1) is 11.3 Å². The van der Waals surface area contributed by atoms with Crippen LogP contribution >= 0.6 is 15.9 Å². The highest BCUT2D eigenvalue weighted by molar-refractivity contribution is 9.10. The molecule has 7 heteroatoms. The number of anilines is 2. The van der Waals surface area contributed by atoms with Crippen LogP contribution in [-0.4, -0.2) is 18.4 Å². The minimum atomic E-state index is -0.531. The first-order chi connectivity index (χ1) is 13.4. The quantitative estimate of drug-likeness (QED) is 0.479. The normalized spacial score (nSPS) is 10.7. The van der Waals surface area contributed by atoms with Gasteiger partial charge in [-0.1, -0.05) is 22.9 Å². The fourth-order valence-electron chi connectivity index (χ4n) is 2.32. The van der Waals surface area contributed by atoms with Gasteiger partial charge < -0.3 is 15.4 Å². The predicted octanol–water partition coefficient (Wildman–Crippen LogP) is 4.74. The van der Waals surface area contributed by atoms with Crippen molar-refractivity contribution in [2.24, 2.45) is 0 Å². The van der Waals surface area contributed by atoms with Crippen molar-refractivity contribution in [2.75, 3.05) is 17.2 Å². The summed E-state index contributed by atoms with van der Waals surface area (Å²) in [6.07, 6.45) is 2.34. The Labute approximate surface area is 172 Å². The molecule has 0 saturated heterocycles. The number of hydrogen-bond acceptors (Lipinski definition) is 4. The monoisotopic (exact) mass is 441 g/mol. The third-order valence-electron chi connectivity index (χ3n) is 3.56. The summed E-state index contributed by atoms with van der Waals surface area (Å²) < 4.78 is 6.50. The number of hydrogen-bond donors (Lipinski definition) is 2. The average molecular weight is 442 g/mol. The average Bonchev–Trinajstić information content (AvgIpc) is 2.66. The molecule has 0 fully saturated rings. The van der Waals surface area contributed by atoms with Crippen molar-refractivity contribution < 1.29 is 14.3 Å². The molecule has 2 amide bonds. The van der Waals surface area contributed by atoms with E-state index in [0.29, 0.717) is 29.3 Å². The zero-order valence-electron chi connectivity index (χ0n) is 15.6. The molecule has 0 aliphatic rings. The van der Waals surface area contributed by atoms with Gasteiger partial charge in [0.05, 0.1) is 6.61 Å². The van der Waals surface area contributed by atoms with Gasteiger partial charge in [-0.2, -0.15) is 5.26 Å². The maximum absolute atomic E-state index is 12.5. The number of benzene rings is 2. The van der Waals surface area contributed by atoms with Crippen LogP contribution in [0.25, 0.3) is 6.08 Å². The van der Waals surface area contributed by atoms with E-state index in [-0.39, 0.29) is 11.5 Å². The Balaban J connectivity index is 2.20. The number of carbonyl (C=O) groups excluding carboxylic acids is 2. The maximum atomic E-state index is 12.5. The molecule has 0 aliphatic carbocycles. The van der Waals surface area contributed by atoms with E-state index in [9.17, 15) is 14.9 Å². The van der Waals surface area contributed by atoms with E-state index in [4.69, 9.17) is 4.74 Å². The van der Waals surface area contributed by atoms with Gasteiger partial charge in [0.15, 0.2) is 0 Å². The van der Waals surface area contributed by atoms with E-state index >= 15 is 0 Å². The lowest BCUT2D eigenvalue weighted by Gasteiger charge is -2.10. The molecule has 144 valence electrons. The third-order valence-corrected chi connectivity index (χ3v) is 4.05. The van der Waals surface area contributed by atoms with E-state index < -0.39 is 5.91 Å². The van der Waals surface area contributed by atoms with Crippen molar-refractivity contribution in [1.29, 1.82) is 5.26 Å². The first-order valence-electron chi connectivity index (χ1n) is 8.66. The maximum Gasteiger partial charge on any atom is 0.266 e. The lowest BCUT2D eigenvalue weighted by Crippen LogP contribution is -2.13. The Kier molecular flexibility index (Phi) is 7.78. The Morgan fingerprint density at radius 1 is 1.14 bits per heavy atom. The molecule has 28 heavy (non-hydrogen) atoms. The predicted molar refractivity (Wildman–Crippen MR) is 113 cm³/mol. The van der Waals surface area contributed by atoms with Crippen LogP contribution in [0.2, 0.25) is 0 Å². The number of nitrogens with zero attached hydrogens (tertiary/aromatic N) is 1. The molecule has 0 radical (unpaired) electrons. The number of halogens is 1. The second kappa shape index (κ2) is 10.3. The summed E-state index contributed by atoms with van der Waals surface area (Å²) in [5, 5.41) is 14.8. The summed E-state index contributed by atoms with van der Waals surface area (Å²) in [6, 6.07) is 14.0. The standard InChI is InChI=1S/C21H20BrN3O3/c1-3-10-28-20-9-4-17(22)12-15(20)11-16(13-23)21(27)25-19-7-5-18(6-8-19)24-14(2)26/h4-9,11-12H,3,10H2,1-2H3,(H,24,26)(H,25,27)/b16-11+. The summed E-state index contributed by atoms with van der Waals surface area (Å²) in [5.74, 6) is -0.108. The van der Waals surface area contributed by atoms with Crippen molar-refractivity contribution in [1.82, 2.24) is 0 Å². The molecule has 2 rings (SSSR count). The van der Waals surface area contributed by atoms with Crippen molar-refractivity contribution in [3.63, 3.8) is 0 Å². The van der Waals surface area contributed by atoms with Gasteiger partial charge in [-0.3, -0.25) is 9.59 Å². The first kappa shape index (κ1) is 21.2. The van der Waals surface area contributed by atoms with E-state index in [2.05, 4.69) is 26.6 Å². The van der Waals surface area contributed by atoms with Crippen LogP contribution in [0.3, 0.4) is 0 Å². The summed E-state index contributed by atoms with van der Waals surface area (Å²) >= 11 is 3.39. The molecule has 0 spiro atoms. The Bertz CT molecular complexity index is 931. The summed E-state index contributed by atoms with van der Waals surface area (Å²) in [7, 11) is 0. The molecule has 0 aliphatic heterocycles. The van der Waals surface area contributed by atoms with Crippen molar-refractivity contribution >= 4 is 45.2 Å². The number of rotatable bonds is 7. The SMILES string of the molecule is CCCOc1ccc(Br)cc1/C=C(\C#N)C(=O)Nc1ccc(NC(C)=O)cc1. The van der Waals surface area contributed by atoms with Crippen LogP contribution in [0.1, 0.15) is 25.8 Å². The number of nitrogens with one attached hydrogen (secondary N) is 2. The van der Waals surface area contributed by atoms with Crippen molar-refractivity contribution in [3.8, 4) is 11.8 Å². The van der Waals surface area contributed by atoms with Gasteiger partial charge in [0.25, 0.3) is 5.91 Å². The minimum absolute atomic E-state index is 0.0506. The lowest BCUT2D eigenvalue weighted by molar-refractivity contribution is -0.114. The van der Waals surface area contributed by atoms with Gasteiger partial charge in [-0.15, -0.1) is 0 Å².